The summed E-state index contributed by atoms with van der Waals surface area (Å²) in [6.07, 6.45) is -1.04. The van der Waals surface area contributed by atoms with E-state index in [4.69, 9.17) is 10.5 Å². The van der Waals surface area contributed by atoms with Crippen molar-refractivity contribution in [1.29, 1.82) is 0 Å². The Hall–Kier alpha value is -2.57. The standard InChI is InChI=1S/C18H22N2O4/c1-12-4-2-3-5-16(12)24-11-17(22)20-15(10-21)18(23)13-6-8-14(19)9-7-13/h2-9,15,18,21,23H,10-11,19H2,1H3,(H,20,22). The molecule has 24 heavy (non-hydrogen) atoms. The van der Waals surface area contributed by atoms with Crippen molar-refractivity contribution in [3.05, 3.63) is 59.7 Å². The number of rotatable bonds is 7. The van der Waals surface area contributed by atoms with Crippen LogP contribution < -0.4 is 15.8 Å². The zero-order valence-electron chi connectivity index (χ0n) is 13.5. The molecule has 0 saturated carbocycles. The van der Waals surface area contributed by atoms with Gasteiger partial charge in [-0.05, 0) is 36.2 Å². The van der Waals surface area contributed by atoms with Crippen LogP contribution >= 0.6 is 0 Å². The molecule has 6 heteroatoms. The number of hydrogen-bond donors (Lipinski definition) is 4. The Kier molecular flexibility index (Phi) is 6.17. The number of nitrogens with two attached hydrogens (primary N) is 1. The molecular formula is C18H22N2O4. The SMILES string of the molecule is Cc1ccccc1OCC(=O)NC(CO)C(O)c1ccc(N)cc1. The molecular weight excluding hydrogens is 308 g/mol. The molecule has 6 nitrogen and oxygen atoms in total. The van der Waals surface area contributed by atoms with Crippen molar-refractivity contribution in [2.75, 3.05) is 18.9 Å². The molecule has 2 unspecified atom stereocenters. The van der Waals surface area contributed by atoms with Gasteiger partial charge >= 0.3 is 0 Å². The summed E-state index contributed by atoms with van der Waals surface area (Å²) in [5.74, 6) is 0.194. The fourth-order valence-corrected chi connectivity index (χ4v) is 2.26. The highest BCUT2D eigenvalue weighted by molar-refractivity contribution is 5.78. The molecule has 0 spiro atoms. The largest absolute Gasteiger partial charge is 0.484 e. The summed E-state index contributed by atoms with van der Waals surface area (Å²) >= 11 is 0. The van der Waals surface area contributed by atoms with Crippen LogP contribution in [0.3, 0.4) is 0 Å². The number of benzene rings is 2. The van der Waals surface area contributed by atoms with Crippen LogP contribution in [0.4, 0.5) is 5.69 Å². The smallest absolute Gasteiger partial charge is 0.258 e. The van der Waals surface area contributed by atoms with Crippen LogP contribution in [-0.2, 0) is 4.79 Å². The zero-order chi connectivity index (χ0) is 17.5. The summed E-state index contributed by atoms with van der Waals surface area (Å²) in [4.78, 5) is 12.0. The third kappa shape index (κ3) is 4.71. The summed E-state index contributed by atoms with van der Waals surface area (Å²) in [7, 11) is 0. The molecule has 0 heterocycles. The van der Waals surface area contributed by atoms with Gasteiger partial charge in [0.1, 0.15) is 11.9 Å². The van der Waals surface area contributed by atoms with E-state index in [0.29, 0.717) is 17.0 Å². The fraction of sp³-hybridized carbons (Fsp3) is 0.278. The van der Waals surface area contributed by atoms with Crippen LogP contribution in [0.2, 0.25) is 0 Å². The average molecular weight is 330 g/mol. The number of carbonyl (C=O) groups is 1. The maximum absolute atomic E-state index is 12.0. The fourth-order valence-electron chi connectivity index (χ4n) is 2.26. The highest BCUT2D eigenvalue weighted by Crippen LogP contribution is 2.19. The maximum Gasteiger partial charge on any atom is 0.258 e. The van der Waals surface area contributed by atoms with E-state index in [1.807, 2.05) is 25.1 Å². The molecule has 0 radical (unpaired) electrons. The van der Waals surface area contributed by atoms with Gasteiger partial charge in [-0.15, -0.1) is 0 Å². The van der Waals surface area contributed by atoms with Crippen LogP contribution in [0.25, 0.3) is 0 Å². The van der Waals surface area contributed by atoms with Gasteiger partial charge in [0.05, 0.1) is 12.6 Å². The third-order valence-corrected chi connectivity index (χ3v) is 3.65. The van der Waals surface area contributed by atoms with Gasteiger partial charge in [-0.2, -0.15) is 0 Å². The van der Waals surface area contributed by atoms with Gasteiger partial charge in [0.2, 0.25) is 0 Å². The molecule has 1 amide bonds. The first-order chi connectivity index (χ1) is 11.5. The second-order valence-electron chi connectivity index (χ2n) is 5.52. The second-order valence-corrected chi connectivity index (χ2v) is 5.52. The molecule has 2 rings (SSSR count). The van der Waals surface area contributed by atoms with Crippen LogP contribution in [0.5, 0.6) is 5.75 Å². The van der Waals surface area contributed by atoms with E-state index in [9.17, 15) is 15.0 Å². The van der Waals surface area contributed by atoms with Crippen molar-refractivity contribution in [2.24, 2.45) is 0 Å². The molecule has 0 aliphatic rings. The normalized spacial score (nSPS) is 13.1. The quantitative estimate of drug-likeness (QED) is 0.570. The van der Waals surface area contributed by atoms with Crippen molar-refractivity contribution >= 4 is 11.6 Å². The van der Waals surface area contributed by atoms with E-state index in [-0.39, 0.29) is 6.61 Å². The Balaban J connectivity index is 1.93. The first kappa shape index (κ1) is 17.8. The molecule has 128 valence electrons. The zero-order valence-corrected chi connectivity index (χ0v) is 13.5. The third-order valence-electron chi connectivity index (χ3n) is 3.65. The van der Waals surface area contributed by atoms with Gasteiger partial charge in [-0.1, -0.05) is 30.3 Å². The van der Waals surface area contributed by atoms with Gasteiger partial charge in [-0.3, -0.25) is 4.79 Å². The number of hydrogen-bond acceptors (Lipinski definition) is 5. The molecule has 2 aromatic carbocycles. The molecule has 5 N–H and O–H groups in total. The first-order valence-electron chi connectivity index (χ1n) is 7.63. The number of anilines is 1. The lowest BCUT2D eigenvalue weighted by Gasteiger charge is -2.23. The van der Waals surface area contributed by atoms with Crippen LogP contribution in [0.1, 0.15) is 17.2 Å². The number of aliphatic hydroxyl groups is 2. The number of nitrogens with one attached hydrogen (secondary N) is 1. The van der Waals surface area contributed by atoms with Crippen molar-refractivity contribution in [1.82, 2.24) is 5.32 Å². The predicted molar refractivity (Wildman–Crippen MR) is 91.5 cm³/mol. The Bertz CT molecular complexity index is 673. The van der Waals surface area contributed by atoms with Gasteiger partial charge in [-0.25, -0.2) is 0 Å². The number of aryl methyl sites for hydroxylation is 1. The second kappa shape index (κ2) is 8.33. The Morgan fingerprint density at radius 3 is 2.50 bits per heavy atom. The number of nitrogen functional groups attached to an aromatic ring is 1. The minimum absolute atomic E-state index is 0.199. The molecule has 0 saturated heterocycles. The van der Waals surface area contributed by atoms with Crippen molar-refractivity contribution < 1.29 is 19.7 Å². The van der Waals surface area contributed by atoms with E-state index < -0.39 is 24.7 Å². The summed E-state index contributed by atoms with van der Waals surface area (Å²) in [6, 6.07) is 13.1. The Morgan fingerprint density at radius 2 is 1.88 bits per heavy atom. The lowest BCUT2D eigenvalue weighted by atomic mass is 10.0. The summed E-state index contributed by atoms with van der Waals surface area (Å²) in [5, 5.41) is 22.3. The minimum Gasteiger partial charge on any atom is -0.484 e. The van der Waals surface area contributed by atoms with Gasteiger partial charge < -0.3 is 26.0 Å². The number of amides is 1. The predicted octanol–water partition coefficient (Wildman–Crippen LogP) is 1.17. The van der Waals surface area contributed by atoms with Gasteiger partial charge in [0, 0.05) is 5.69 Å². The monoisotopic (exact) mass is 330 g/mol. The molecule has 2 atom stereocenters. The number of carbonyl (C=O) groups excluding carboxylic acids is 1. The van der Waals surface area contributed by atoms with E-state index in [2.05, 4.69) is 5.32 Å². The Labute approximate surface area is 140 Å². The first-order valence-corrected chi connectivity index (χ1v) is 7.63. The topological polar surface area (TPSA) is 105 Å². The van der Waals surface area contributed by atoms with Crippen molar-refractivity contribution in [3.8, 4) is 5.75 Å². The maximum atomic E-state index is 12.0. The minimum atomic E-state index is -1.04. The molecule has 2 aromatic rings. The molecule has 0 bridgehead atoms. The van der Waals surface area contributed by atoms with E-state index >= 15 is 0 Å². The van der Waals surface area contributed by atoms with Crippen LogP contribution in [0.15, 0.2) is 48.5 Å². The molecule has 0 aliphatic carbocycles. The van der Waals surface area contributed by atoms with E-state index in [1.54, 1.807) is 30.3 Å². The van der Waals surface area contributed by atoms with E-state index in [1.165, 1.54) is 0 Å². The van der Waals surface area contributed by atoms with Crippen LogP contribution in [-0.4, -0.2) is 35.4 Å². The van der Waals surface area contributed by atoms with E-state index in [0.717, 1.165) is 5.56 Å². The number of aliphatic hydroxyl groups excluding tert-OH is 2. The average Bonchev–Trinajstić information content (AvgIpc) is 2.59. The van der Waals surface area contributed by atoms with Crippen LogP contribution in [0, 0.1) is 6.92 Å². The number of para-hydroxylation sites is 1. The highest BCUT2D eigenvalue weighted by Gasteiger charge is 2.22. The summed E-state index contributed by atoms with van der Waals surface area (Å²) in [6.45, 7) is 1.28. The summed E-state index contributed by atoms with van der Waals surface area (Å²) < 4.78 is 5.45. The van der Waals surface area contributed by atoms with Crippen molar-refractivity contribution in [3.63, 3.8) is 0 Å². The lowest BCUT2D eigenvalue weighted by molar-refractivity contribution is -0.125. The van der Waals surface area contributed by atoms with Gasteiger partial charge in [0.25, 0.3) is 5.91 Å². The van der Waals surface area contributed by atoms with Gasteiger partial charge in [0.15, 0.2) is 6.61 Å². The number of ether oxygens (including phenoxy) is 1. The highest BCUT2D eigenvalue weighted by atomic mass is 16.5. The molecule has 0 aliphatic heterocycles. The summed E-state index contributed by atoms with van der Waals surface area (Å²) in [5.41, 5.74) is 7.66. The lowest BCUT2D eigenvalue weighted by Crippen LogP contribution is -2.44. The Morgan fingerprint density at radius 1 is 1.21 bits per heavy atom. The molecule has 0 fully saturated rings. The van der Waals surface area contributed by atoms with Crippen molar-refractivity contribution in [2.45, 2.75) is 19.1 Å². The molecule has 0 aromatic heterocycles.